The number of carbonyl (C=O) groups is 1. The zero-order valence-electron chi connectivity index (χ0n) is 13.1. The van der Waals surface area contributed by atoms with E-state index in [1.165, 1.54) is 12.0 Å². The summed E-state index contributed by atoms with van der Waals surface area (Å²) in [5.74, 6) is 0.225. The lowest BCUT2D eigenvalue weighted by Crippen LogP contribution is -2.46. The number of amides is 1. The third kappa shape index (κ3) is 4.83. The second-order valence-corrected chi connectivity index (χ2v) is 5.74. The molecule has 1 atom stereocenters. The first-order valence-corrected chi connectivity index (χ1v) is 7.79. The maximum atomic E-state index is 12.3. The number of hydrogen-bond donors (Lipinski definition) is 1. The van der Waals surface area contributed by atoms with E-state index in [1.54, 1.807) is 7.11 Å². The van der Waals surface area contributed by atoms with Crippen molar-refractivity contribution in [3.05, 3.63) is 35.4 Å². The summed E-state index contributed by atoms with van der Waals surface area (Å²) in [5, 5.41) is 3.33. The molecule has 1 aromatic rings. The first-order chi connectivity index (χ1) is 10.2. The van der Waals surface area contributed by atoms with Crippen LogP contribution in [-0.2, 0) is 22.7 Å². The molecule has 4 heteroatoms. The van der Waals surface area contributed by atoms with Crippen molar-refractivity contribution in [1.29, 1.82) is 0 Å². The first kappa shape index (κ1) is 16.0. The van der Waals surface area contributed by atoms with Gasteiger partial charge in [-0.05, 0) is 37.3 Å². The normalized spacial score (nSPS) is 16.8. The van der Waals surface area contributed by atoms with Crippen LogP contribution in [-0.4, -0.2) is 37.0 Å². The largest absolute Gasteiger partial charge is 0.380 e. The van der Waals surface area contributed by atoms with Crippen molar-refractivity contribution in [2.24, 2.45) is 0 Å². The molecule has 1 amide bonds. The van der Waals surface area contributed by atoms with Gasteiger partial charge in [-0.25, -0.2) is 0 Å². The Morgan fingerprint density at radius 1 is 1.29 bits per heavy atom. The Morgan fingerprint density at radius 3 is 2.71 bits per heavy atom. The van der Waals surface area contributed by atoms with E-state index in [1.807, 2.05) is 17.9 Å². The summed E-state index contributed by atoms with van der Waals surface area (Å²) >= 11 is 0. The van der Waals surface area contributed by atoms with Crippen molar-refractivity contribution in [3.63, 3.8) is 0 Å². The Kier molecular flexibility index (Phi) is 6.21. The average Bonchev–Trinajstić information content (AvgIpc) is 2.53. The highest BCUT2D eigenvalue weighted by Crippen LogP contribution is 2.11. The van der Waals surface area contributed by atoms with E-state index in [4.69, 9.17) is 4.74 Å². The molecule has 0 bridgehead atoms. The monoisotopic (exact) mass is 290 g/mol. The summed E-state index contributed by atoms with van der Waals surface area (Å²) in [6, 6.07) is 8.14. The number of hydrogen-bond acceptors (Lipinski definition) is 3. The van der Waals surface area contributed by atoms with Crippen molar-refractivity contribution in [2.45, 2.75) is 45.4 Å². The lowest BCUT2D eigenvalue weighted by Gasteiger charge is -2.29. The fraction of sp³-hybridized carbons (Fsp3) is 0.588. The standard InChI is InChI=1S/C17H26N2O2/c1-14(17(20)19-9-4-3-5-10-19)18-12-15-7-6-8-16(11-15)13-21-2/h6-8,11,14,18H,3-5,9-10,12-13H2,1-2H3. The van der Waals surface area contributed by atoms with Crippen LogP contribution in [0.4, 0.5) is 0 Å². The molecule has 1 unspecified atom stereocenters. The van der Waals surface area contributed by atoms with Gasteiger partial charge in [-0.15, -0.1) is 0 Å². The molecule has 2 rings (SSSR count). The number of piperidine rings is 1. The molecule has 116 valence electrons. The first-order valence-electron chi connectivity index (χ1n) is 7.79. The molecule has 0 radical (unpaired) electrons. The maximum absolute atomic E-state index is 12.3. The van der Waals surface area contributed by atoms with Gasteiger partial charge in [0.15, 0.2) is 0 Å². The van der Waals surface area contributed by atoms with Gasteiger partial charge >= 0.3 is 0 Å². The molecule has 4 nitrogen and oxygen atoms in total. The third-order valence-electron chi connectivity index (χ3n) is 3.95. The molecule has 1 fully saturated rings. The fourth-order valence-electron chi connectivity index (χ4n) is 2.74. The van der Waals surface area contributed by atoms with E-state index >= 15 is 0 Å². The molecule has 1 aliphatic heterocycles. The minimum Gasteiger partial charge on any atom is -0.380 e. The van der Waals surface area contributed by atoms with Crippen molar-refractivity contribution in [3.8, 4) is 0 Å². The van der Waals surface area contributed by atoms with Gasteiger partial charge in [0.25, 0.3) is 0 Å². The van der Waals surface area contributed by atoms with Gasteiger partial charge in [0.1, 0.15) is 0 Å². The summed E-state index contributed by atoms with van der Waals surface area (Å²) < 4.78 is 5.14. The van der Waals surface area contributed by atoms with Crippen LogP contribution in [0.3, 0.4) is 0 Å². The molecule has 1 heterocycles. The van der Waals surface area contributed by atoms with Gasteiger partial charge in [0.05, 0.1) is 12.6 Å². The van der Waals surface area contributed by atoms with Crippen LogP contribution < -0.4 is 5.32 Å². The molecular formula is C17H26N2O2. The summed E-state index contributed by atoms with van der Waals surface area (Å²) in [7, 11) is 1.70. The van der Waals surface area contributed by atoms with E-state index < -0.39 is 0 Å². The van der Waals surface area contributed by atoms with Crippen LogP contribution in [0.1, 0.15) is 37.3 Å². The van der Waals surface area contributed by atoms with E-state index in [2.05, 4.69) is 23.5 Å². The van der Waals surface area contributed by atoms with E-state index in [0.29, 0.717) is 13.2 Å². The molecule has 1 aliphatic rings. The number of nitrogens with one attached hydrogen (secondary N) is 1. The zero-order valence-corrected chi connectivity index (χ0v) is 13.1. The Balaban J connectivity index is 1.83. The molecule has 0 aliphatic carbocycles. The van der Waals surface area contributed by atoms with Crippen LogP contribution in [0.5, 0.6) is 0 Å². The van der Waals surface area contributed by atoms with Crippen molar-refractivity contribution >= 4 is 5.91 Å². The van der Waals surface area contributed by atoms with Gasteiger partial charge in [-0.1, -0.05) is 24.3 Å². The van der Waals surface area contributed by atoms with Crippen LogP contribution in [0.25, 0.3) is 0 Å². The number of methoxy groups -OCH3 is 1. The topological polar surface area (TPSA) is 41.6 Å². The fourth-order valence-corrected chi connectivity index (χ4v) is 2.74. The number of benzene rings is 1. The Hall–Kier alpha value is -1.39. The molecule has 1 aromatic carbocycles. The second-order valence-electron chi connectivity index (χ2n) is 5.74. The number of nitrogens with zero attached hydrogens (tertiary/aromatic N) is 1. The smallest absolute Gasteiger partial charge is 0.239 e. The Labute approximate surface area is 127 Å². The van der Waals surface area contributed by atoms with Crippen LogP contribution >= 0.6 is 0 Å². The molecule has 1 N–H and O–H groups in total. The van der Waals surface area contributed by atoms with Crippen molar-refractivity contribution in [1.82, 2.24) is 10.2 Å². The lowest BCUT2D eigenvalue weighted by molar-refractivity contribution is -0.133. The van der Waals surface area contributed by atoms with Gasteiger partial charge < -0.3 is 15.0 Å². The SMILES string of the molecule is COCc1cccc(CNC(C)C(=O)N2CCCCC2)c1. The van der Waals surface area contributed by atoms with Gasteiger partial charge in [0.2, 0.25) is 5.91 Å². The molecule has 1 saturated heterocycles. The average molecular weight is 290 g/mol. The minimum absolute atomic E-state index is 0.130. The predicted octanol–water partition coefficient (Wildman–Crippen LogP) is 2.32. The highest BCUT2D eigenvalue weighted by molar-refractivity contribution is 5.81. The van der Waals surface area contributed by atoms with Gasteiger partial charge in [-0.3, -0.25) is 4.79 Å². The van der Waals surface area contributed by atoms with E-state index in [9.17, 15) is 4.79 Å². The molecular weight excluding hydrogens is 264 g/mol. The Morgan fingerprint density at radius 2 is 2.00 bits per heavy atom. The third-order valence-corrected chi connectivity index (χ3v) is 3.95. The number of carbonyl (C=O) groups excluding carboxylic acids is 1. The summed E-state index contributed by atoms with van der Waals surface area (Å²) in [6.45, 7) is 5.10. The molecule has 0 spiro atoms. The van der Waals surface area contributed by atoms with Gasteiger partial charge in [-0.2, -0.15) is 0 Å². The summed E-state index contributed by atoms with van der Waals surface area (Å²) in [6.07, 6.45) is 3.52. The highest BCUT2D eigenvalue weighted by Gasteiger charge is 2.21. The van der Waals surface area contributed by atoms with Gasteiger partial charge in [0, 0.05) is 26.7 Å². The molecule has 21 heavy (non-hydrogen) atoms. The zero-order chi connectivity index (χ0) is 15.1. The molecule has 0 saturated carbocycles. The van der Waals surface area contributed by atoms with E-state index in [0.717, 1.165) is 31.5 Å². The summed E-state index contributed by atoms with van der Waals surface area (Å²) in [4.78, 5) is 14.3. The van der Waals surface area contributed by atoms with Crippen molar-refractivity contribution in [2.75, 3.05) is 20.2 Å². The molecule has 0 aromatic heterocycles. The van der Waals surface area contributed by atoms with Crippen LogP contribution in [0.15, 0.2) is 24.3 Å². The van der Waals surface area contributed by atoms with Crippen LogP contribution in [0.2, 0.25) is 0 Å². The lowest BCUT2D eigenvalue weighted by atomic mass is 10.1. The number of likely N-dealkylation sites (tertiary alicyclic amines) is 1. The highest BCUT2D eigenvalue weighted by atomic mass is 16.5. The predicted molar refractivity (Wildman–Crippen MR) is 83.9 cm³/mol. The Bertz CT molecular complexity index is 456. The minimum atomic E-state index is -0.130. The maximum Gasteiger partial charge on any atom is 0.239 e. The number of ether oxygens (including phenoxy) is 1. The van der Waals surface area contributed by atoms with Crippen LogP contribution in [0, 0.1) is 0 Å². The van der Waals surface area contributed by atoms with Crippen molar-refractivity contribution < 1.29 is 9.53 Å². The second kappa shape index (κ2) is 8.15. The number of rotatable bonds is 6. The summed E-state index contributed by atoms with van der Waals surface area (Å²) in [5.41, 5.74) is 2.34. The van der Waals surface area contributed by atoms with E-state index in [-0.39, 0.29) is 11.9 Å². The quantitative estimate of drug-likeness (QED) is 0.874.